The molecule has 3 heterocycles. The number of hydrogen-bond donors (Lipinski definition) is 1. The minimum Gasteiger partial charge on any atom is -0.493 e. The Morgan fingerprint density at radius 3 is 2.22 bits per heavy atom. The van der Waals surface area contributed by atoms with E-state index in [1.165, 1.54) is 26.5 Å². The van der Waals surface area contributed by atoms with Gasteiger partial charge in [0.2, 0.25) is 5.75 Å². The second-order valence-corrected chi connectivity index (χ2v) is 9.54. The van der Waals surface area contributed by atoms with Gasteiger partial charge in [-0.05, 0) is 41.8 Å². The number of methoxy groups -OCH3 is 2. The van der Waals surface area contributed by atoms with E-state index in [-0.39, 0.29) is 34.2 Å². The summed E-state index contributed by atoms with van der Waals surface area (Å²) in [5, 5.41) is -0.168. The van der Waals surface area contributed by atoms with Crippen molar-refractivity contribution in [2.45, 2.75) is 24.8 Å². The Kier molecular flexibility index (Phi) is 7.30. The molecule has 0 amide bonds. The first-order chi connectivity index (χ1) is 17.3. The molecule has 0 aliphatic rings. The summed E-state index contributed by atoms with van der Waals surface area (Å²) in [6.45, 7) is 4.00. The lowest BCUT2D eigenvalue weighted by molar-refractivity contribution is 0.348. The number of ether oxygens (including phenoxy) is 3. The highest BCUT2D eigenvalue weighted by atomic mass is 32.2. The normalized spacial score (nSPS) is 11.2. The Morgan fingerprint density at radius 1 is 0.889 bits per heavy atom. The molecule has 1 N–H and O–H groups in total. The lowest BCUT2D eigenvalue weighted by atomic mass is 10.1. The molecule has 0 saturated carbocycles. The monoisotopic (exact) mass is 507 g/mol. The van der Waals surface area contributed by atoms with Gasteiger partial charge in [-0.3, -0.25) is 9.71 Å². The number of hydrogen-bond acceptors (Lipinski definition) is 9. The van der Waals surface area contributed by atoms with Crippen LogP contribution in [0.3, 0.4) is 0 Å². The predicted octanol–water partition coefficient (Wildman–Crippen LogP) is 4.67. The summed E-state index contributed by atoms with van der Waals surface area (Å²) in [6.07, 6.45) is 4.69. The summed E-state index contributed by atoms with van der Waals surface area (Å²) in [7, 11) is -1.24. The lowest BCUT2D eigenvalue weighted by Gasteiger charge is -2.17. The van der Waals surface area contributed by atoms with Crippen molar-refractivity contribution in [3.05, 3.63) is 72.7 Å². The molecule has 0 unspecified atom stereocenters. The molecule has 0 radical (unpaired) electrons. The average Bonchev–Trinajstić information content (AvgIpc) is 2.90. The SMILES string of the molecule is COc1ccccc1Oc1c(NS(=O)(=O)c2ccc(C(C)C)cn2)nc(-c2ccncc2)nc1OC. The number of pyridine rings is 2. The fourth-order valence-electron chi connectivity index (χ4n) is 3.24. The van der Waals surface area contributed by atoms with Gasteiger partial charge in [-0.1, -0.05) is 32.0 Å². The van der Waals surface area contributed by atoms with Gasteiger partial charge >= 0.3 is 0 Å². The molecular formula is C25H25N5O5S. The van der Waals surface area contributed by atoms with Gasteiger partial charge in [0, 0.05) is 24.2 Å². The van der Waals surface area contributed by atoms with E-state index >= 15 is 0 Å². The summed E-state index contributed by atoms with van der Waals surface area (Å²) in [6, 6.07) is 13.5. The van der Waals surface area contributed by atoms with Crippen LogP contribution in [0.4, 0.5) is 5.82 Å². The summed E-state index contributed by atoms with van der Waals surface area (Å²) < 4.78 is 46.0. The first-order valence-electron chi connectivity index (χ1n) is 11.0. The Labute approximate surface area is 209 Å². The van der Waals surface area contributed by atoms with Gasteiger partial charge in [0.15, 0.2) is 28.2 Å². The number of nitrogens with zero attached hydrogens (tertiary/aromatic N) is 4. The van der Waals surface area contributed by atoms with Crippen molar-refractivity contribution in [2.75, 3.05) is 18.9 Å². The molecule has 4 aromatic rings. The fraction of sp³-hybridized carbons (Fsp3) is 0.200. The zero-order valence-corrected chi connectivity index (χ0v) is 21.0. The van der Waals surface area contributed by atoms with Crippen LogP contribution in [0.5, 0.6) is 23.1 Å². The van der Waals surface area contributed by atoms with Crippen molar-refractivity contribution < 1.29 is 22.6 Å². The third kappa shape index (κ3) is 5.36. The first kappa shape index (κ1) is 24.9. The minimum atomic E-state index is -4.14. The second kappa shape index (κ2) is 10.6. The van der Waals surface area contributed by atoms with Crippen LogP contribution < -0.4 is 18.9 Å². The van der Waals surface area contributed by atoms with E-state index in [1.54, 1.807) is 54.9 Å². The van der Waals surface area contributed by atoms with Gasteiger partial charge in [-0.15, -0.1) is 0 Å². The summed E-state index contributed by atoms with van der Waals surface area (Å²) >= 11 is 0. The van der Waals surface area contributed by atoms with Crippen LogP contribution in [0.2, 0.25) is 0 Å². The third-order valence-electron chi connectivity index (χ3n) is 5.18. The van der Waals surface area contributed by atoms with Crippen LogP contribution in [-0.4, -0.2) is 42.6 Å². The van der Waals surface area contributed by atoms with Crippen molar-refractivity contribution in [1.29, 1.82) is 0 Å². The molecule has 36 heavy (non-hydrogen) atoms. The van der Waals surface area contributed by atoms with Gasteiger partial charge in [-0.2, -0.15) is 13.4 Å². The van der Waals surface area contributed by atoms with E-state index in [4.69, 9.17) is 14.2 Å². The van der Waals surface area contributed by atoms with Gasteiger partial charge in [0.1, 0.15) is 0 Å². The number of sulfonamides is 1. The van der Waals surface area contributed by atoms with E-state index in [0.29, 0.717) is 17.1 Å². The molecule has 0 aliphatic heterocycles. The highest BCUT2D eigenvalue weighted by Gasteiger charge is 2.25. The molecule has 0 atom stereocenters. The van der Waals surface area contributed by atoms with E-state index in [0.717, 1.165) is 5.56 Å². The van der Waals surface area contributed by atoms with Crippen molar-refractivity contribution in [1.82, 2.24) is 19.9 Å². The maximum absolute atomic E-state index is 13.3. The lowest BCUT2D eigenvalue weighted by Crippen LogP contribution is -2.17. The van der Waals surface area contributed by atoms with E-state index in [1.807, 2.05) is 13.8 Å². The number of aromatic nitrogens is 4. The third-order valence-corrected chi connectivity index (χ3v) is 6.43. The average molecular weight is 508 g/mol. The Hall–Kier alpha value is -4.25. The number of rotatable bonds is 9. The molecule has 0 aliphatic carbocycles. The van der Waals surface area contributed by atoms with E-state index in [2.05, 4.69) is 24.7 Å². The van der Waals surface area contributed by atoms with Gasteiger partial charge in [0.05, 0.1) is 14.2 Å². The summed E-state index contributed by atoms with van der Waals surface area (Å²) in [5.74, 6) is 1.01. The molecule has 0 saturated heterocycles. The maximum atomic E-state index is 13.3. The van der Waals surface area contributed by atoms with Gasteiger partial charge in [0.25, 0.3) is 15.9 Å². The Morgan fingerprint density at radius 2 is 1.61 bits per heavy atom. The van der Waals surface area contributed by atoms with Crippen LogP contribution in [-0.2, 0) is 10.0 Å². The van der Waals surface area contributed by atoms with Crippen LogP contribution >= 0.6 is 0 Å². The molecule has 186 valence electrons. The number of para-hydroxylation sites is 2. The molecule has 0 bridgehead atoms. The number of anilines is 1. The Balaban J connectivity index is 1.83. The van der Waals surface area contributed by atoms with Crippen LogP contribution in [0.15, 0.2) is 72.1 Å². The number of benzene rings is 1. The zero-order valence-electron chi connectivity index (χ0n) is 20.2. The van der Waals surface area contributed by atoms with Crippen LogP contribution in [0.1, 0.15) is 25.3 Å². The quantitative estimate of drug-likeness (QED) is 0.344. The summed E-state index contributed by atoms with van der Waals surface area (Å²) in [4.78, 5) is 17.0. The highest BCUT2D eigenvalue weighted by molar-refractivity contribution is 7.92. The van der Waals surface area contributed by atoms with Gasteiger partial charge in [-0.25, -0.2) is 9.97 Å². The van der Waals surface area contributed by atoms with Crippen molar-refractivity contribution >= 4 is 15.8 Å². The fourth-order valence-corrected chi connectivity index (χ4v) is 4.18. The maximum Gasteiger partial charge on any atom is 0.280 e. The van der Waals surface area contributed by atoms with Crippen LogP contribution in [0.25, 0.3) is 11.4 Å². The van der Waals surface area contributed by atoms with Gasteiger partial charge < -0.3 is 14.2 Å². The standard InChI is InChI=1S/C25H25N5O5S/c1-16(2)18-9-10-21(27-15-18)36(31,32)30-24-22(35-20-8-6-5-7-19(20)33-3)25(34-4)29-23(28-24)17-11-13-26-14-12-17/h5-16H,1-4H3,(H,28,29,30). The smallest absolute Gasteiger partial charge is 0.280 e. The highest BCUT2D eigenvalue weighted by Crippen LogP contribution is 2.41. The van der Waals surface area contributed by atoms with E-state index in [9.17, 15) is 8.42 Å². The molecular weight excluding hydrogens is 482 g/mol. The minimum absolute atomic E-state index is 0.0172. The van der Waals surface area contributed by atoms with Crippen LogP contribution in [0, 0.1) is 0 Å². The first-order valence-corrected chi connectivity index (χ1v) is 12.5. The van der Waals surface area contributed by atoms with Crippen molar-refractivity contribution in [3.63, 3.8) is 0 Å². The van der Waals surface area contributed by atoms with Crippen molar-refractivity contribution in [3.8, 4) is 34.5 Å². The molecule has 4 rings (SSSR count). The molecule has 0 fully saturated rings. The second-order valence-electron chi connectivity index (χ2n) is 7.91. The Bertz CT molecular complexity index is 1450. The predicted molar refractivity (Wildman–Crippen MR) is 134 cm³/mol. The zero-order chi connectivity index (χ0) is 25.7. The molecule has 0 spiro atoms. The van der Waals surface area contributed by atoms with E-state index < -0.39 is 10.0 Å². The largest absolute Gasteiger partial charge is 0.493 e. The number of nitrogens with one attached hydrogen (secondary N) is 1. The molecule has 10 nitrogen and oxygen atoms in total. The summed E-state index contributed by atoms with van der Waals surface area (Å²) in [5.41, 5.74) is 1.52. The molecule has 11 heteroatoms. The molecule has 1 aromatic carbocycles. The molecule has 3 aromatic heterocycles. The topological polar surface area (TPSA) is 125 Å². The van der Waals surface area contributed by atoms with Crippen molar-refractivity contribution in [2.24, 2.45) is 0 Å².